The molecule has 0 aliphatic rings. The fraction of sp³-hybridized carbons (Fsp3) is 0.100. The lowest BCUT2D eigenvalue weighted by atomic mass is 10.3. The van der Waals surface area contributed by atoms with E-state index in [9.17, 15) is 0 Å². The van der Waals surface area contributed by atoms with Crippen LogP contribution in [0.4, 0.5) is 5.69 Å². The molecule has 0 unspecified atom stereocenters. The second-order valence-corrected chi connectivity index (χ2v) is 3.61. The molecule has 1 aromatic rings. The van der Waals surface area contributed by atoms with Crippen LogP contribution in [0, 0.1) is 11.3 Å². The zero-order chi connectivity index (χ0) is 12.7. The van der Waals surface area contributed by atoms with Gasteiger partial charge in [-0.15, -0.1) is 0 Å². The molecule has 0 amide bonds. The summed E-state index contributed by atoms with van der Waals surface area (Å²) in [6, 6.07) is 6.70. The van der Waals surface area contributed by atoms with Gasteiger partial charge in [0, 0.05) is 5.02 Å². The van der Waals surface area contributed by atoms with Gasteiger partial charge in [-0.1, -0.05) is 28.4 Å². The maximum Gasteiger partial charge on any atom is 0.182 e. The van der Waals surface area contributed by atoms with Crippen LogP contribution in [0.5, 0.6) is 0 Å². The Morgan fingerprint density at radius 1 is 1.53 bits per heavy atom. The molecule has 0 saturated carbocycles. The van der Waals surface area contributed by atoms with Crippen molar-refractivity contribution >= 4 is 40.8 Å². The monoisotopic (exact) mass is 270 g/mol. The van der Waals surface area contributed by atoms with Crippen LogP contribution < -0.4 is 5.43 Å². The van der Waals surface area contributed by atoms with Crippen LogP contribution in [0.2, 0.25) is 10.0 Å². The fourth-order valence-corrected chi connectivity index (χ4v) is 1.34. The van der Waals surface area contributed by atoms with E-state index in [-0.39, 0.29) is 5.71 Å². The van der Waals surface area contributed by atoms with Crippen LogP contribution in [0.15, 0.2) is 28.5 Å². The number of nitriles is 1. The molecule has 1 aromatic carbocycles. The maximum atomic E-state index is 8.72. The highest BCUT2D eigenvalue weighted by molar-refractivity contribution is 6.38. The number of halogens is 2. The largest absolute Gasteiger partial charge is 0.399 e. The molecular formula is C10H8Cl2N4O. The quantitative estimate of drug-likeness (QED) is 0.676. The molecule has 0 radical (unpaired) electrons. The van der Waals surface area contributed by atoms with E-state index < -0.39 is 0 Å². The smallest absolute Gasteiger partial charge is 0.182 e. The average molecular weight is 271 g/mol. The van der Waals surface area contributed by atoms with E-state index in [1.807, 2.05) is 6.07 Å². The molecule has 0 aliphatic heterocycles. The van der Waals surface area contributed by atoms with Crippen molar-refractivity contribution in [2.24, 2.45) is 10.3 Å². The summed E-state index contributed by atoms with van der Waals surface area (Å²) in [6.45, 7) is 0. The lowest BCUT2D eigenvalue weighted by Crippen LogP contribution is -2.01. The van der Waals surface area contributed by atoms with Gasteiger partial charge in [0.15, 0.2) is 5.71 Å². The average Bonchev–Trinajstić information content (AvgIpc) is 2.31. The number of nitrogens with zero attached hydrogens (tertiary/aromatic N) is 3. The van der Waals surface area contributed by atoms with Crippen molar-refractivity contribution in [3.63, 3.8) is 0 Å². The van der Waals surface area contributed by atoms with Gasteiger partial charge in [-0.25, -0.2) is 0 Å². The highest BCUT2D eigenvalue weighted by Crippen LogP contribution is 2.25. The summed E-state index contributed by atoms with van der Waals surface area (Å²) >= 11 is 11.6. The van der Waals surface area contributed by atoms with Crippen LogP contribution in [-0.4, -0.2) is 19.0 Å². The van der Waals surface area contributed by atoms with Crippen LogP contribution in [0.25, 0.3) is 0 Å². The van der Waals surface area contributed by atoms with Crippen LogP contribution in [0.3, 0.4) is 0 Å². The van der Waals surface area contributed by atoms with Crippen LogP contribution >= 0.6 is 23.2 Å². The number of hydrogen-bond donors (Lipinski definition) is 1. The second-order valence-electron chi connectivity index (χ2n) is 2.76. The number of hydrazone groups is 1. The molecule has 0 fully saturated rings. The van der Waals surface area contributed by atoms with E-state index >= 15 is 0 Å². The van der Waals surface area contributed by atoms with Gasteiger partial charge in [-0.05, 0) is 18.2 Å². The Hall–Kier alpha value is -1.77. The normalized spacial score (nSPS) is 11.3. The Kier molecular flexibility index (Phi) is 5.27. The minimum absolute atomic E-state index is 0.0536. The molecule has 0 spiro atoms. The summed E-state index contributed by atoms with van der Waals surface area (Å²) in [5, 5.41) is 16.9. The van der Waals surface area contributed by atoms with Gasteiger partial charge in [-0.2, -0.15) is 10.4 Å². The van der Waals surface area contributed by atoms with Crippen molar-refractivity contribution in [2.45, 2.75) is 0 Å². The van der Waals surface area contributed by atoms with Crippen molar-refractivity contribution in [2.75, 3.05) is 12.5 Å². The zero-order valence-corrected chi connectivity index (χ0v) is 10.3. The van der Waals surface area contributed by atoms with Crippen molar-refractivity contribution in [3.8, 4) is 6.07 Å². The minimum Gasteiger partial charge on any atom is -0.399 e. The molecule has 0 atom stereocenters. The summed E-state index contributed by atoms with van der Waals surface area (Å²) in [7, 11) is 1.37. The number of hydrogen-bond acceptors (Lipinski definition) is 5. The number of rotatable bonds is 4. The fourth-order valence-electron chi connectivity index (χ4n) is 0.886. The molecule has 7 heteroatoms. The van der Waals surface area contributed by atoms with Gasteiger partial charge >= 0.3 is 0 Å². The summed E-state index contributed by atoms with van der Waals surface area (Å²) in [4.78, 5) is 4.43. The van der Waals surface area contributed by atoms with Crippen molar-refractivity contribution in [1.29, 1.82) is 5.26 Å². The number of oxime groups is 1. The Morgan fingerprint density at radius 3 is 2.88 bits per heavy atom. The Labute approximate surface area is 108 Å². The first-order chi connectivity index (χ1) is 8.17. The SMILES string of the molecule is CON=CC(C#N)=NNc1ccc(Cl)cc1Cl. The third-order valence-corrected chi connectivity index (χ3v) is 2.17. The minimum atomic E-state index is 0.0536. The molecule has 1 rings (SSSR count). The molecule has 1 N–H and O–H groups in total. The molecule has 88 valence electrons. The topological polar surface area (TPSA) is 69.8 Å². The van der Waals surface area contributed by atoms with E-state index in [2.05, 4.69) is 20.5 Å². The van der Waals surface area contributed by atoms with E-state index in [1.165, 1.54) is 13.3 Å². The summed E-state index contributed by atoms with van der Waals surface area (Å²) < 4.78 is 0. The van der Waals surface area contributed by atoms with Crippen molar-refractivity contribution in [3.05, 3.63) is 28.2 Å². The van der Waals surface area contributed by atoms with E-state index in [0.29, 0.717) is 15.7 Å². The van der Waals surface area contributed by atoms with Crippen molar-refractivity contribution in [1.82, 2.24) is 0 Å². The van der Waals surface area contributed by atoms with E-state index in [1.54, 1.807) is 18.2 Å². The van der Waals surface area contributed by atoms with Gasteiger partial charge in [0.05, 0.1) is 10.7 Å². The Bertz CT molecular complexity index is 494. The number of nitrogens with one attached hydrogen (secondary N) is 1. The first kappa shape index (κ1) is 13.3. The summed E-state index contributed by atoms with van der Waals surface area (Å²) in [5.74, 6) is 0. The third kappa shape index (κ3) is 4.31. The summed E-state index contributed by atoms with van der Waals surface area (Å²) in [5.41, 5.74) is 3.22. The molecule has 17 heavy (non-hydrogen) atoms. The lowest BCUT2D eigenvalue weighted by Gasteiger charge is -2.02. The molecule has 0 aliphatic carbocycles. The highest BCUT2D eigenvalue weighted by atomic mass is 35.5. The zero-order valence-electron chi connectivity index (χ0n) is 8.82. The molecule has 5 nitrogen and oxygen atoms in total. The van der Waals surface area contributed by atoms with Gasteiger partial charge < -0.3 is 4.84 Å². The maximum absolute atomic E-state index is 8.72. The van der Waals surface area contributed by atoms with Gasteiger partial charge in [0.1, 0.15) is 19.4 Å². The van der Waals surface area contributed by atoms with Crippen molar-refractivity contribution < 1.29 is 4.84 Å². The van der Waals surface area contributed by atoms with Gasteiger partial charge in [0.25, 0.3) is 0 Å². The number of anilines is 1. The predicted octanol–water partition coefficient (Wildman–Crippen LogP) is 2.92. The standard InChI is InChI=1S/C10H8Cl2N4O/c1-17-14-6-8(5-13)15-16-10-3-2-7(11)4-9(10)12/h2-4,6,16H,1H3. The first-order valence-corrected chi connectivity index (χ1v) is 5.18. The molecule has 0 heterocycles. The van der Waals surface area contributed by atoms with E-state index in [0.717, 1.165) is 0 Å². The third-order valence-electron chi connectivity index (χ3n) is 1.62. The molecular weight excluding hydrogens is 263 g/mol. The van der Waals surface area contributed by atoms with Gasteiger partial charge in [-0.3, -0.25) is 5.43 Å². The molecule has 0 bridgehead atoms. The number of benzene rings is 1. The lowest BCUT2D eigenvalue weighted by molar-refractivity contribution is 0.216. The predicted molar refractivity (Wildman–Crippen MR) is 68.6 cm³/mol. The van der Waals surface area contributed by atoms with Gasteiger partial charge in [0.2, 0.25) is 0 Å². The van der Waals surface area contributed by atoms with Crippen LogP contribution in [-0.2, 0) is 4.84 Å². The second kappa shape index (κ2) is 6.74. The summed E-state index contributed by atoms with van der Waals surface area (Å²) in [6.07, 6.45) is 1.18. The highest BCUT2D eigenvalue weighted by Gasteiger charge is 2.00. The Balaban J connectivity index is 2.81. The van der Waals surface area contributed by atoms with Crippen LogP contribution in [0.1, 0.15) is 0 Å². The molecule has 0 aromatic heterocycles. The molecule has 0 saturated heterocycles. The van der Waals surface area contributed by atoms with E-state index in [4.69, 9.17) is 28.5 Å². The first-order valence-electron chi connectivity index (χ1n) is 4.42. The Morgan fingerprint density at radius 2 is 2.29 bits per heavy atom.